The van der Waals surface area contributed by atoms with E-state index in [0.717, 1.165) is 12.8 Å². The van der Waals surface area contributed by atoms with Crippen molar-refractivity contribution < 1.29 is 48.0 Å². The number of amides is 2. The number of aliphatic hydroxyl groups excluding tert-OH is 1. The Morgan fingerprint density at radius 1 is 0.750 bits per heavy atom. The predicted molar refractivity (Wildman–Crippen MR) is 141 cm³/mol. The molecule has 12 heteroatoms. The highest BCUT2D eigenvalue weighted by atomic mass is 16.6. The molecule has 0 saturated carbocycles. The van der Waals surface area contributed by atoms with Crippen molar-refractivity contribution in [3.8, 4) is 0 Å². The second-order valence-electron chi connectivity index (χ2n) is 12.9. The minimum atomic E-state index is -0.869. The van der Waals surface area contributed by atoms with Crippen LogP contribution in [-0.4, -0.2) is 101 Å². The molecular weight excluding hydrogens is 524 g/mol. The second kappa shape index (κ2) is 11.9. The molecule has 7 atom stereocenters. The summed E-state index contributed by atoms with van der Waals surface area (Å²) in [6.07, 6.45) is 1.83. The molecule has 0 aromatic heterocycles. The standard InChI is InChI=1S/C14H23NO5.C14H21NO5/c2*1-14(2,3)20-13(18)15-8-5-6-9(15)11(10(16)7-8)12(17)19-4/h8-11,16H,5-7H2,1-4H3;8-9,11H,5-7H2,1-4H3. The van der Waals surface area contributed by atoms with E-state index in [2.05, 4.69) is 0 Å². The van der Waals surface area contributed by atoms with Gasteiger partial charge in [-0.1, -0.05) is 0 Å². The van der Waals surface area contributed by atoms with Gasteiger partial charge in [0.1, 0.15) is 23.0 Å². The molecule has 4 aliphatic heterocycles. The number of rotatable bonds is 2. The molecule has 4 aliphatic rings. The molecule has 4 fully saturated rings. The van der Waals surface area contributed by atoms with Crippen molar-refractivity contribution in [3.63, 3.8) is 0 Å². The second-order valence-corrected chi connectivity index (χ2v) is 12.9. The van der Waals surface area contributed by atoms with Crippen LogP contribution in [0.25, 0.3) is 0 Å². The number of fused-ring (bicyclic) bond motifs is 4. The van der Waals surface area contributed by atoms with Crippen molar-refractivity contribution in [3.05, 3.63) is 0 Å². The van der Waals surface area contributed by atoms with E-state index in [1.165, 1.54) is 14.2 Å². The summed E-state index contributed by atoms with van der Waals surface area (Å²) in [6, 6.07) is -0.955. The number of aliphatic hydroxyl groups is 1. The largest absolute Gasteiger partial charge is 0.469 e. The van der Waals surface area contributed by atoms with Crippen LogP contribution in [0.3, 0.4) is 0 Å². The van der Waals surface area contributed by atoms with E-state index in [4.69, 9.17) is 18.9 Å². The van der Waals surface area contributed by atoms with Gasteiger partial charge in [0.15, 0.2) is 5.78 Å². The normalized spacial score (nSPS) is 31.1. The van der Waals surface area contributed by atoms with E-state index in [-0.39, 0.29) is 30.3 Å². The van der Waals surface area contributed by atoms with Gasteiger partial charge in [0.2, 0.25) is 0 Å². The summed E-state index contributed by atoms with van der Waals surface area (Å²) in [5.41, 5.74) is -1.17. The summed E-state index contributed by atoms with van der Waals surface area (Å²) >= 11 is 0. The van der Waals surface area contributed by atoms with Crippen molar-refractivity contribution in [2.45, 2.75) is 122 Å². The van der Waals surface area contributed by atoms with Crippen LogP contribution in [0.2, 0.25) is 0 Å². The fourth-order valence-electron chi connectivity index (χ4n) is 6.26. The maximum Gasteiger partial charge on any atom is 0.410 e. The van der Waals surface area contributed by atoms with Crippen molar-refractivity contribution in [1.29, 1.82) is 0 Å². The van der Waals surface area contributed by atoms with E-state index >= 15 is 0 Å². The number of hydrogen-bond acceptors (Lipinski definition) is 10. The first-order valence-corrected chi connectivity index (χ1v) is 13.9. The first kappa shape index (κ1) is 31.6. The molecule has 0 spiro atoms. The maximum atomic E-state index is 12.3. The molecule has 0 aliphatic carbocycles. The Morgan fingerprint density at radius 2 is 1.23 bits per heavy atom. The zero-order chi connectivity index (χ0) is 30.2. The van der Waals surface area contributed by atoms with E-state index in [1.54, 1.807) is 30.6 Å². The lowest BCUT2D eigenvalue weighted by molar-refractivity contribution is -0.156. The Balaban J connectivity index is 0.000000220. The highest BCUT2D eigenvalue weighted by Crippen LogP contribution is 2.41. The molecule has 226 valence electrons. The summed E-state index contributed by atoms with van der Waals surface area (Å²) < 4.78 is 20.2. The number of Topliss-reactive ketones (excluding diaryl/α,β-unsaturated/α-hetero) is 1. The fraction of sp³-hybridized carbons (Fsp3) is 0.821. The van der Waals surface area contributed by atoms with Gasteiger partial charge in [0, 0.05) is 18.5 Å². The lowest BCUT2D eigenvalue weighted by atomic mass is 9.87. The van der Waals surface area contributed by atoms with Gasteiger partial charge in [-0.05, 0) is 73.6 Å². The van der Waals surface area contributed by atoms with E-state index < -0.39 is 59.3 Å². The number of hydrogen-bond donors (Lipinski definition) is 1. The molecule has 0 radical (unpaired) electrons. The first-order chi connectivity index (χ1) is 18.5. The molecule has 4 bridgehead atoms. The molecule has 0 aromatic carbocycles. The summed E-state index contributed by atoms with van der Waals surface area (Å²) in [6.45, 7) is 10.8. The van der Waals surface area contributed by atoms with Gasteiger partial charge in [-0.15, -0.1) is 0 Å². The highest BCUT2D eigenvalue weighted by Gasteiger charge is 2.54. The lowest BCUT2D eigenvalue weighted by Crippen LogP contribution is -2.56. The van der Waals surface area contributed by atoms with Gasteiger partial charge in [-0.25, -0.2) is 9.59 Å². The SMILES string of the molecule is COC(=O)C1C(=O)CC2CCC1N2C(=O)OC(C)(C)C.COC(=O)C1C(O)CC2CCC1N2C(=O)OC(C)(C)C. The minimum absolute atomic E-state index is 0.0502. The zero-order valence-corrected chi connectivity index (χ0v) is 24.8. The molecule has 0 aromatic rings. The van der Waals surface area contributed by atoms with Gasteiger partial charge < -0.3 is 33.9 Å². The third-order valence-corrected chi connectivity index (χ3v) is 7.74. The van der Waals surface area contributed by atoms with Gasteiger partial charge in [0.25, 0.3) is 0 Å². The first-order valence-electron chi connectivity index (χ1n) is 13.9. The van der Waals surface area contributed by atoms with Gasteiger partial charge in [-0.3, -0.25) is 14.4 Å². The molecule has 4 saturated heterocycles. The molecule has 4 heterocycles. The van der Waals surface area contributed by atoms with Crippen LogP contribution in [0.5, 0.6) is 0 Å². The van der Waals surface area contributed by atoms with Crippen LogP contribution in [0.15, 0.2) is 0 Å². The fourth-order valence-corrected chi connectivity index (χ4v) is 6.26. The number of ketones is 1. The van der Waals surface area contributed by atoms with Gasteiger partial charge in [-0.2, -0.15) is 0 Å². The van der Waals surface area contributed by atoms with Crippen molar-refractivity contribution in [2.24, 2.45) is 11.8 Å². The number of carbonyl (C=O) groups excluding carboxylic acids is 5. The number of nitrogens with zero attached hydrogens (tertiary/aromatic N) is 2. The third kappa shape index (κ3) is 6.87. The molecule has 4 rings (SSSR count). The number of ether oxygens (including phenoxy) is 4. The Bertz CT molecular complexity index is 1000. The number of carbonyl (C=O) groups is 5. The predicted octanol–water partition coefficient (Wildman–Crippen LogP) is 2.82. The van der Waals surface area contributed by atoms with E-state index in [1.807, 2.05) is 20.8 Å². The smallest absolute Gasteiger partial charge is 0.410 e. The summed E-state index contributed by atoms with van der Waals surface area (Å²) in [5.74, 6) is -2.70. The highest BCUT2D eigenvalue weighted by molar-refractivity contribution is 6.01. The summed E-state index contributed by atoms with van der Waals surface area (Å²) in [7, 11) is 2.56. The van der Waals surface area contributed by atoms with E-state index in [0.29, 0.717) is 19.3 Å². The summed E-state index contributed by atoms with van der Waals surface area (Å²) in [4.78, 5) is 63.5. The average Bonchev–Trinajstić information content (AvgIpc) is 3.32. The molecule has 12 nitrogen and oxygen atoms in total. The van der Waals surface area contributed by atoms with Crippen LogP contribution >= 0.6 is 0 Å². The molecule has 2 amide bonds. The molecule has 1 N–H and O–H groups in total. The van der Waals surface area contributed by atoms with Crippen molar-refractivity contribution in [2.75, 3.05) is 14.2 Å². The average molecular weight is 569 g/mol. The van der Waals surface area contributed by atoms with Crippen LogP contribution in [0, 0.1) is 11.8 Å². The quantitative estimate of drug-likeness (QED) is 0.299. The van der Waals surface area contributed by atoms with Crippen LogP contribution < -0.4 is 0 Å². The van der Waals surface area contributed by atoms with Gasteiger partial charge >= 0.3 is 24.1 Å². The molecular formula is C28H44N2O10. The number of esters is 2. The number of piperidine rings is 2. The Hall–Kier alpha value is -2.89. The topological polar surface area (TPSA) is 149 Å². The summed E-state index contributed by atoms with van der Waals surface area (Å²) in [5, 5.41) is 10.1. The molecule has 7 unspecified atom stereocenters. The maximum absolute atomic E-state index is 12.3. The van der Waals surface area contributed by atoms with Crippen LogP contribution in [0.1, 0.15) is 80.1 Å². The Morgan fingerprint density at radius 3 is 1.73 bits per heavy atom. The Labute approximate surface area is 235 Å². The number of methoxy groups -OCH3 is 2. The third-order valence-electron chi connectivity index (χ3n) is 7.74. The monoisotopic (exact) mass is 568 g/mol. The lowest BCUT2D eigenvalue weighted by Gasteiger charge is -2.41. The van der Waals surface area contributed by atoms with Crippen molar-refractivity contribution >= 4 is 29.9 Å². The van der Waals surface area contributed by atoms with Crippen LogP contribution in [0.4, 0.5) is 9.59 Å². The van der Waals surface area contributed by atoms with Gasteiger partial charge in [0.05, 0.1) is 32.4 Å². The Kier molecular flexibility index (Phi) is 9.43. The zero-order valence-electron chi connectivity index (χ0n) is 24.8. The van der Waals surface area contributed by atoms with E-state index in [9.17, 15) is 29.1 Å². The minimum Gasteiger partial charge on any atom is -0.469 e. The van der Waals surface area contributed by atoms with Crippen molar-refractivity contribution in [1.82, 2.24) is 9.80 Å². The molecule has 40 heavy (non-hydrogen) atoms. The van der Waals surface area contributed by atoms with Crippen LogP contribution in [-0.2, 0) is 33.3 Å².